The quantitative estimate of drug-likeness (QED) is 0.811. The molecule has 1 saturated heterocycles. The Hall–Kier alpha value is -1.62. The summed E-state index contributed by atoms with van der Waals surface area (Å²) >= 11 is 0. The summed E-state index contributed by atoms with van der Waals surface area (Å²) in [6.45, 7) is 0.934. The number of nitrogens with zero attached hydrogens (tertiary/aromatic N) is 1. The van der Waals surface area contributed by atoms with Crippen molar-refractivity contribution < 1.29 is 18.7 Å². The summed E-state index contributed by atoms with van der Waals surface area (Å²) in [4.78, 5) is 14.4. The van der Waals surface area contributed by atoms with E-state index < -0.39 is 0 Å². The Kier molecular flexibility index (Phi) is 4.62. The van der Waals surface area contributed by atoms with Gasteiger partial charge in [-0.1, -0.05) is 0 Å². The van der Waals surface area contributed by atoms with Gasteiger partial charge in [0.2, 0.25) is 5.91 Å². The molecule has 1 amide bonds. The van der Waals surface area contributed by atoms with E-state index >= 15 is 0 Å². The molecular formula is C17H22FNO3. The Morgan fingerprint density at radius 3 is 2.82 bits per heavy atom. The Morgan fingerprint density at radius 1 is 1.32 bits per heavy atom. The van der Waals surface area contributed by atoms with Crippen LogP contribution in [0, 0.1) is 11.7 Å². The van der Waals surface area contributed by atoms with Gasteiger partial charge in [-0.15, -0.1) is 0 Å². The molecule has 3 atom stereocenters. The zero-order chi connectivity index (χ0) is 15.5. The van der Waals surface area contributed by atoms with E-state index in [1.165, 1.54) is 12.1 Å². The number of fused-ring (bicyclic) bond motifs is 2. The normalized spacial score (nSPS) is 26.5. The number of amides is 1. The summed E-state index contributed by atoms with van der Waals surface area (Å²) in [5.74, 6) is 1.05. The maximum atomic E-state index is 12.9. The van der Waals surface area contributed by atoms with E-state index in [2.05, 4.69) is 0 Å². The van der Waals surface area contributed by atoms with E-state index in [9.17, 15) is 9.18 Å². The molecule has 0 unspecified atom stereocenters. The van der Waals surface area contributed by atoms with Crippen LogP contribution in [0.3, 0.4) is 0 Å². The van der Waals surface area contributed by atoms with Crippen LogP contribution in [0.4, 0.5) is 4.39 Å². The first kappa shape index (κ1) is 15.3. The second-order valence-electron chi connectivity index (χ2n) is 6.10. The second-order valence-corrected chi connectivity index (χ2v) is 6.10. The van der Waals surface area contributed by atoms with E-state index in [1.807, 2.05) is 4.90 Å². The van der Waals surface area contributed by atoms with Crippen molar-refractivity contribution in [3.05, 3.63) is 30.1 Å². The summed E-state index contributed by atoms with van der Waals surface area (Å²) in [6.07, 6.45) is 3.76. The van der Waals surface area contributed by atoms with Gasteiger partial charge in [-0.2, -0.15) is 0 Å². The summed E-state index contributed by atoms with van der Waals surface area (Å²) in [5, 5.41) is 0. The van der Waals surface area contributed by atoms with Gasteiger partial charge in [0, 0.05) is 13.2 Å². The van der Waals surface area contributed by atoms with Crippen LogP contribution >= 0.6 is 0 Å². The lowest BCUT2D eigenvalue weighted by molar-refractivity contribution is -0.137. The maximum absolute atomic E-state index is 12.9. The second kappa shape index (κ2) is 6.65. The highest BCUT2D eigenvalue weighted by Gasteiger charge is 2.47. The Balaban J connectivity index is 1.62. The van der Waals surface area contributed by atoms with Gasteiger partial charge in [-0.25, -0.2) is 4.39 Å². The summed E-state index contributed by atoms with van der Waals surface area (Å²) < 4.78 is 23.7. The van der Waals surface area contributed by atoms with E-state index in [1.54, 1.807) is 19.2 Å². The van der Waals surface area contributed by atoms with Crippen LogP contribution in [0.1, 0.15) is 25.7 Å². The molecule has 22 heavy (non-hydrogen) atoms. The summed E-state index contributed by atoms with van der Waals surface area (Å²) in [5.41, 5.74) is 0. The Bertz CT molecular complexity index is 519. The van der Waals surface area contributed by atoms with Crippen molar-refractivity contribution in [2.75, 3.05) is 20.3 Å². The molecule has 2 fully saturated rings. The van der Waals surface area contributed by atoms with Crippen LogP contribution in [-0.2, 0) is 9.53 Å². The molecule has 1 saturated carbocycles. The molecule has 3 rings (SSSR count). The molecule has 2 bridgehead atoms. The highest BCUT2D eigenvalue weighted by Crippen LogP contribution is 2.42. The van der Waals surface area contributed by atoms with Gasteiger partial charge in [-0.3, -0.25) is 4.79 Å². The van der Waals surface area contributed by atoms with Gasteiger partial charge in [0.15, 0.2) is 0 Å². The van der Waals surface area contributed by atoms with Crippen molar-refractivity contribution >= 4 is 5.91 Å². The third kappa shape index (κ3) is 3.09. The van der Waals surface area contributed by atoms with Gasteiger partial charge >= 0.3 is 0 Å². The minimum absolute atomic E-state index is 0.133. The molecule has 5 heteroatoms. The SMILES string of the molecule is COCCC(=O)N1[C@@H]2CC[C@@H](C2)[C@@H]1COc1ccc(F)cc1. The monoisotopic (exact) mass is 307 g/mol. The average Bonchev–Trinajstić information content (AvgIpc) is 3.13. The number of piperidine rings is 1. The Labute approximate surface area is 130 Å². The molecule has 0 aromatic heterocycles. The molecular weight excluding hydrogens is 285 g/mol. The van der Waals surface area contributed by atoms with E-state index in [0.29, 0.717) is 37.3 Å². The molecule has 1 heterocycles. The largest absolute Gasteiger partial charge is 0.491 e. The van der Waals surface area contributed by atoms with Gasteiger partial charge in [0.05, 0.1) is 19.1 Å². The first-order chi connectivity index (χ1) is 10.7. The molecule has 0 radical (unpaired) electrons. The molecule has 1 aliphatic carbocycles. The molecule has 2 aliphatic rings. The molecule has 1 aromatic rings. The lowest BCUT2D eigenvalue weighted by Gasteiger charge is -2.35. The van der Waals surface area contributed by atoms with Crippen molar-refractivity contribution in [2.45, 2.75) is 37.8 Å². The first-order valence-corrected chi connectivity index (χ1v) is 7.87. The Morgan fingerprint density at radius 2 is 2.09 bits per heavy atom. The molecule has 120 valence electrons. The number of hydrogen-bond donors (Lipinski definition) is 0. The smallest absolute Gasteiger partial charge is 0.225 e. The van der Waals surface area contributed by atoms with E-state index in [-0.39, 0.29) is 17.8 Å². The molecule has 1 aromatic carbocycles. The highest BCUT2D eigenvalue weighted by molar-refractivity contribution is 5.77. The van der Waals surface area contributed by atoms with Crippen molar-refractivity contribution in [2.24, 2.45) is 5.92 Å². The predicted molar refractivity (Wildman–Crippen MR) is 80.2 cm³/mol. The van der Waals surface area contributed by atoms with Crippen molar-refractivity contribution in [1.82, 2.24) is 4.90 Å². The molecule has 4 nitrogen and oxygen atoms in total. The number of rotatable bonds is 6. The van der Waals surface area contributed by atoms with E-state index in [0.717, 1.165) is 19.3 Å². The number of hydrogen-bond acceptors (Lipinski definition) is 3. The van der Waals surface area contributed by atoms with Gasteiger partial charge in [0.1, 0.15) is 18.2 Å². The van der Waals surface area contributed by atoms with Gasteiger partial charge < -0.3 is 14.4 Å². The number of halogens is 1. The highest BCUT2D eigenvalue weighted by atomic mass is 19.1. The number of benzene rings is 1. The maximum Gasteiger partial charge on any atom is 0.225 e. The van der Waals surface area contributed by atoms with Crippen LogP contribution < -0.4 is 4.74 Å². The first-order valence-electron chi connectivity index (χ1n) is 7.87. The number of methoxy groups -OCH3 is 1. The topological polar surface area (TPSA) is 38.8 Å². The zero-order valence-electron chi connectivity index (χ0n) is 12.8. The minimum atomic E-state index is -0.274. The van der Waals surface area contributed by atoms with Crippen LogP contribution in [0.2, 0.25) is 0 Å². The van der Waals surface area contributed by atoms with E-state index in [4.69, 9.17) is 9.47 Å². The summed E-state index contributed by atoms with van der Waals surface area (Å²) in [6, 6.07) is 6.51. The fourth-order valence-electron chi connectivity index (χ4n) is 3.73. The van der Waals surface area contributed by atoms with Crippen molar-refractivity contribution in [1.29, 1.82) is 0 Å². The molecule has 0 N–H and O–H groups in total. The number of ether oxygens (including phenoxy) is 2. The van der Waals surface area contributed by atoms with Crippen LogP contribution in [0.25, 0.3) is 0 Å². The van der Waals surface area contributed by atoms with Crippen LogP contribution in [0.15, 0.2) is 24.3 Å². The minimum Gasteiger partial charge on any atom is -0.491 e. The fraction of sp³-hybridized carbons (Fsp3) is 0.588. The van der Waals surface area contributed by atoms with Gasteiger partial charge in [0.25, 0.3) is 0 Å². The standard InChI is InChI=1S/C17H22FNO3/c1-21-9-8-17(20)19-14-5-2-12(10-14)16(19)11-22-15-6-3-13(18)4-7-15/h3-4,6-7,12,14,16H,2,5,8-11H2,1H3/t12-,14+,16-/m0/s1. The van der Waals surface area contributed by atoms with Crippen LogP contribution in [-0.4, -0.2) is 43.2 Å². The predicted octanol–water partition coefficient (Wildman–Crippen LogP) is 2.62. The van der Waals surface area contributed by atoms with Gasteiger partial charge in [-0.05, 0) is 49.4 Å². The summed E-state index contributed by atoms with van der Waals surface area (Å²) in [7, 11) is 1.61. The fourth-order valence-corrected chi connectivity index (χ4v) is 3.73. The van der Waals surface area contributed by atoms with Crippen LogP contribution in [0.5, 0.6) is 5.75 Å². The number of likely N-dealkylation sites (tertiary alicyclic amines) is 1. The van der Waals surface area contributed by atoms with Crippen molar-refractivity contribution in [3.63, 3.8) is 0 Å². The molecule has 0 spiro atoms. The number of carbonyl (C=O) groups excluding carboxylic acids is 1. The van der Waals surface area contributed by atoms with Crippen molar-refractivity contribution in [3.8, 4) is 5.75 Å². The lowest BCUT2D eigenvalue weighted by atomic mass is 9.99. The average molecular weight is 307 g/mol. The number of carbonyl (C=O) groups is 1. The third-order valence-electron chi connectivity index (χ3n) is 4.78. The lowest BCUT2D eigenvalue weighted by Crippen LogP contribution is -2.48. The zero-order valence-corrected chi connectivity index (χ0v) is 12.8. The third-order valence-corrected chi connectivity index (χ3v) is 4.78. The molecule has 1 aliphatic heterocycles.